The first-order valence-corrected chi connectivity index (χ1v) is 14.5. The van der Waals surface area contributed by atoms with Gasteiger partial charge in [-0.05, 0) is 91.4 Å². The molecule has 0 radical (unpaired) electrons. The summed E-state index contributed by atoms with van der Waals surface area (Å²) in [5.74, 6) is 0. The number of hydrogen-bond acceptors (Lipinski definition) is 1. The Labute approximate surface area is 241 Å². The molecule has 0 aliphatic heterocycles. The average Bonchev–Trinajstić information content (AvgIpc) is 3.14. The smallest absolute Gasteiger partial charge is 0.0468 e. The van der Waals surface area contributed by atoms with Crippen molar-refractivity contribution in [2.75, 3.05) is 4.90 Å². The molecule has 1 heteroatoms. The maximum Gasteiger partial charge on any atom is 0.0468 e. The largest absolute Gasteiger partial charge is 0.311 e. The van der Waals surface area contributed by atoms with E-state index in [0.29, 0.717) is 0 Å². The summed E-state index contributed by atoms with van der Waals surface area (Å²) in [4.78, 5) is 2.44. The van der Waals surface area contributed by atoms with Crippen LogP contribution in [0.2, 0.25) is 0 Å². The lowest BCUT2D eigenvalue weighted by Crippen LogP contribution is -2.19. The van der Waals surface area contributed by atoms with Crippen LogP contribution in [0.1, 0.15) is 31.4 Å². The van der Waals surface area contributed by atoms with Crippen LogP contribution in [0.4, 0.5) is 11.4 Å². The van der Waals surface area contributed by atoms with Crippen molar-refractivity contribution in [2.45, 2.75) is 25.7 Å². The number of para-hydroxylation sites is 1. The van der Waals surface area contributed by atoms with Gasteiger partial charge in [0.2, 0.25) is 0 Å². The second-order valence-electron chi connectivity index (χ2n) is 11.7. The third-order valence-corrected chi connectivity index (χ3v) is 9.05. The van der Waals surface area contributed by atoms with E-state index in [4.69, 9.17) is 0 Å². The molecule has 6 aromatic carbocycles. The van der Waals surface area contributed by atoms with E-state index in [1.807, 2.05) is 0 Å². The van der Waals surface area contributed by atoms with Gasteiger partial charge < -0.3 is 4.90 Å². The molecule has 0 unspecified atom stereocenters. The first-order chi connectivity index (χ1) is 20.1. The van der Waals surface area contributed by atoms with Gasteiger partial charge in [0.1, 0.15) is 0 Å². The minimum atomic E-state index is -0.0628. The van der Waals surface area contributed by atoms with Gasteiger partial charge in [-0.25, -0.2) is 0 Å². The number of fused-ring (bicyclic) bond motifs is 9. The van der Waals surface area contributed by atoms with Gasteiger partial charge in [0.15, 0.2) is 0 Å². The Bertz CT molecular complexity index is 2050. The summed E-state index contributed by atoms with van der Waals surface area (Å²) in [5, 5.41) is 7.78. The monoisotopic (exact) mass is 525 g/mol. The standard InChI is InChI=1S/C40H31N/c1-40(2)38-22-11-10-20-35(38)36-21-12-15-28(26-39(36)40)41(27-13-4-3-5-14-27)29-23-24-34-32-18-7-6-16-30(32)31-17-8-9-19-33(31)37(34)25-29/h3-11,13-26H,12H2,1-2H3. The van der Waals surface area contributed by atoms with Crippen LogP contribution in [0, 0.1) is 0 Å². The van der Waals surface area contributed by atoms with Crippen LogP contribution >= 0.6 is 0 Å². The molecule has 0 N–H and O–H groups in total. The molecule has 0 heterocycles. The molecule has 196 valence electrons. The summed E-state index contributed by atoms with van der Waals surface area (Å²) >= 11 is 0. The Balaban J connectivity index is 1.36. The molecule has 2 aliphatic rings. The molecule has 0 amide bonds. The van der Waals surface area contributed by atoms with Crippen LogP contribution in [0.25, 0.3) is 37.9 Å². The fraction of sp³-hybridized carbons (Fsp3) is 0.100. The van der Waals surface area contributed by atoms with Crippen molar-refractivity contribution in [3.8, 4) is 0 Å². The molecule has 0 atom stereocenters. The third-order valence-electron chi connectivity index (χ3n) is 9.05. The zero-order valence-corrected chi connectivity index (χ0v) is 23.4. The molecule has 0 aromatic heterocycles. The molecule has 0 saturated heterocycles. The van der Waals surface area contributed by atoms with Gasteiger partial charge in [0.05, 0.1) is 0 Å². The minimum Gasteiger partial charge on any atom is -0.311 e. The second kappa shape index (κ2) is 9.08. The molecule has 0 saturated carbocycles. The summed E-state index contributed by atoms with van der Waals surface area (Å²) in [6.45, 7) is 4.73. The van der Waals surface area contributed by atoms with Crippen LogP contribution in [0.15, 0.2) is 151 Å². The van der Waals surface area contributed by atoms with E-state index >= 15 is 0 Å². The van der Waals surface area contributed by atoms with Crippen molar-refractivity contribution in [3.63, 3.8) is 0 Å². The Morgan fingerprint density at radius 2 is 1.12 bits per heavy atom. The van der Waals surface area contributed by atoms with Crippen molar-refractivity contribution in [1.29, 1.82) is 0 Å². The van der Waals surface area contributed by atoms with Crippen molar-refractivity contribution >= 4 is 49.3 Å². The fourth-order valence-corrected chi connectivity index (χ4v) is 7.09. The normalized spacial score (nSPS) is 15.6. The Hall–Kier alpha value is -4.88. The second-order valence-corrected chi connectivity index (χ2v) is 11.7. The van der Waals surface area contributed by atoms with E-state index in [9.17, 15) is 0 Å². The third kappa shape index (κ3) is 3.62. The van der Waals surface area contributed by atoms with E-state index in [1.165, 1.54) is 66.0 Å². The van der Waals surface area contributed by atoms with Gasteiger partial charge in [0.25, 0.3) is 0 Å². The number of anilines is 2. The molecular weight excluding hydrogens is 494 g/mol. The molecule has 1 nitrogen and oxygen atoms in total. The maximum absolute atomic E-state index is 2.44. The first-order valence-electron chi connectivity index (χ1n) is 14.5. The highest BCUT2D eigenvalue weighted by molar-refractivity contribution is 6.25. The molecule has 6 aromatic rings. The Kier molecular flexibility index (Phi) is 5.30. The summed E-state index contributed by atoms with van der Waals surface area (Å²) in [6.07, 6.45) is 8.12. The average molecular weight is 526 g/mol. The molecule has 41 heavy (non-hydrogen) atoms. The predicted octanol–water partition coefficient (Wildman–Crippen LogP) is 10.9. The summed E-state index contributed by atoms with van der Waals surface area (Å²) < 4.78 is 0. The van der Waals surface area contributed by atoms with E-state index in [2.05, 4.69) is 158 Å². The maximum atomic E-state index is 2.44. The SMILES string of the molecule is CC1(C)C2=CC(N(c3ccccc3)c3ccc4c5ccccc5c5ccccc5c4c3)=CCC=C2c2ccccc21. The summed E-state index contributed by atoms with van der Waals surface area (Å²) in [5.41, 5.74) is 9.03. The van der Waals surface area contributed by atoms with Crippen molar-refractivity contribution in [1.82, 2.24) is 0 Å². The summed E-state index contributed by atoms with van der Waals surface area (Å²) in [6, 6.07) is 44.3. The van der Waals surface area contributed by atoms with Crippen LogP contribution in [0.3, 0.4) is 0 Å². The van der Waals surface area contributed by atoms with Gasteiger partial charge in [-0.3, -0.25) is 0 Å². The molecule has 0 spiro atoms. The van der Waals surface area contributed by atoms with Gasteiger partial charge in [0, 0.05) is 22.5 Å². The molecule has 8 rings (SSSR count). The number of allylic oxidation sites excluding steroid dienone is 5. The first kappa shape index (κ1) is 24.0. The zero-order valence-electron chi connectivity index (χ0n) is 23.4. The minimum absolute atomic E-state index is 0.0628. The van der Waals surface area contributed by atoms with Crippen LogP contribution in [0.5, 0.6) is 0 Å². The van der Waals surface area contributed by atoms with Gasteiger partial charge in [-0.2, -0.15) is 0 Å². The topological polar surface area (TPSA) is 3.24 Å². The van der Waals surface area contributed by atoms with Crippen molar-refractivity contribution in [2.24, 2.45) is 0 Å². The highest BCUT2D eigenvalue weighted by atomic mass is 15.1. The Morgan fingerprint density at radius 3 is 1.83 bits per heavy atom. The lowest BCUT2D eigenvalue weighted by Gasteiger charge is -2.29. The van der Waals surface area contributed by atoms with Crippen LogP contribution in [-0.4, -0.2) is 0 Å². The number of hydrogen-bond donors (Lipinski definition) is 0. The van der Waals surface area contributed by atoms with E-state index in [1.54, 1.807) is 0 Å². The van der Waals surface area contributed by atoms with Crippen molar-refractivity contribution < 1.29 is 0 Å². The fourth-order valence-electron chi connectivity index (χ4n) is 7.09. The lowest BCUT2D eigenvalue weighted by molar-refractivity contribution is 0.660. The van der Waals surface area contributed by atoms with E-state index < -0.39 is 0 Å². The molecule has 0 fully saturated rings. The quantitative estimate of drug-likeness (QED) is 0.208. The van der Waals surface area contributed by atoms with Gasteiger partial charge in [-0.1, -0.05) is 123 Å². The molecule has 0 bridgehead atoms. The van der Waals surface area contributed by atoms with Gasteiger partial charge >= 0.3 is 0 Å². The summed E-state index contributed by atoms with van der Waals surface area (Å²) in [7, 11) is 0. The van der Waals surface area contributed by atoms with Crippen LogP contribution < -0.4 is 4.90 Å². The highest BCUT2D eigenvalue weighted by Crippen LogP contribution is 2.51. The number of benzene rings is 6. The molecule has 2 aliphatic carbocycles. The zero-order chi connectivity index (χ0) is 27.6. The predicted molar refractivity (Wildman–Crippen MR) is 176 cm³/mol. The van der Waals surface area contributed by atoms with E-state index in [-0.39, 0.29) is 5.41 Å². The lowest BCUT2D eigenvalue weighted by atomic mass is 9.82. The Morgan fingerprint density at radius 1 is 0.537 bits per heavy atom. The van der Waals surface area contributed by atoms with Crippen molar-refractivity contribution in [3.05, 3.63) is 162 Å². The van der Waals surface area contributed by atoms with E-state index in [0.717, 1.165) is 12.1 Å². The van der Waals surface area contributed by atoms with Gasteiger partial charge in [-0.15, -0.1) is 0 Å². The number of rotatable bonds is 3. The number of nitrogens with zero attached hydrogens (tertiary/aromatic N) is 1. The van der Waals surface area contributed by atoms with Crippen LogP contribution in [-0.2, 0) is 5.41 Å². The highest BCUT2D eigenvalue weighted by Gasteiger charge is 2.38. The molecular formula is C40H31N.